The molecule has 3 heteroatoms. The van der Waals surface area contributed by atoms with E-state index in [-0.39, 0.29) is 0 Å². The van der Waals surface area contributed by atoms with Crippen molar-refractivity contribution < 1.29 is 5.11 Å². The molecule has 3 rings (SSSR count). The second kappa shape index (κ2) is 4.34. The fraction of sp³-hybridized carbons (Fsp3) is 0.400. The van der Waals surface area contributed by atoms with Gasteiger partial charge in [0.2, 0.25) is 0 Å². The van der Waals surface area contributed by atoms with Crippen LogP contribution < -0.4 is 5.32 Å². The molecule has 0 bridgehead atoms. The average Bonchev–Trinajstić information content (AvgIpc) is 2.76. The molecule has 0 spiro atoms. The SMILES string of the molecule is Cc1ccc2cc(CC3(O)CCNC3)ccc2n1. The minimum atomic E-state index is -0.578. The largest absolute Gasteiger partial charge is 0.388 e. The second-order valence-electron chi connectivity index (χ2n) is 5.31. The van der Waals surface area contributed by atoms with E-state index in [1.54, 1.807) is 0 Å². The topological polar surface area (TPSA) is 45.1 Å². The highest BCUT2D eigenvalue weighted by atomic mass is 16.3. The number of benzene rings is 1. The molecule has 3 nitrogen and oxygen atoms in total. The molecule has 1 unspecified atom stereocenters. The van der Waals surface area contributed by atoms with E-state index >= 15 is 0 Å². The van der Waals surface area contributed by atoms with Crippen molar-refractivity contribution in [3.05, 3.63) is 41.6 Å². The molecule has 0 radical (unpaired) electrons. The van der Waals surface area contributed by atoms with Gasteiger partial charge in [0.25, 0.3) is 0 Å². The van der Waals surface area contributed by atoms with Gasteiger partial charge in [-0.1, -0.05) is 12.1 Å². The lowest BCUT2D eigenvalue weighted by atomic mass is 9.93. The van der Waals surface area contributed by atoms with Crippen LogP contribution in [0.2, 0.25) is 0 Å². The summed E-state index contributed by atoms with van der Waals surface area (Å²) in [5.41, 5.74) is 2.66. The third-order valence-electron chi connectivity index (χ3n) is 3.65. The first-order valence-electron chi connectivity index (χ1n) is 6.44. The van der Waals surface area contributed by atoms with Crippen molar-refractivity contribution in [3.8, 4) is 0 Å². The van der Waals surface area contributed by atoms with E-state index in [2.05, 4.69) is 28.5 Å². The minimum absolute atomic E-state index is 0.578. The molecule has 1 atom stereocenters. The van der Waals surface area contributed by atoms with Crippen LogP contribution in [0.5, 0.6) is 0 Å². The van der Waals surface area contributed by atoms with Crippen LogP contribution in [0.4, 0.5) is 0 Å². The standard InChI is InChI=1S/C15H18N2O/c1-11-2-4-13-8-12(3-5-14(13)17-11)9-15(18)6-7-16-10-15/h2-5,8,16,18H,6-7,9-10H2,1H3. The van der Waals surface area contributed by atoms with Crippen LogP contribution in [0, 0.1) is 6.92 Å². The maximum absolute atomic E-state index is 10.4. The Bertz CT molecular complexity index is 574. The Labute approximate surface area is 107 Å². The molecule has 1 fully saturated rings. The Balaban J connectivity index is 1.91. The van der Waals surface area contributed by atoms with Gasteiger partial charge >= 0.3 is 0 Å². The van der Waals surface area contributed by atoms with E-state index < -0.39 is 5.60 Å². The minimum Gasteiger partial charge on any atom is -0.388 e. The maximum Gasteiger partial charge on any atom is 0.0823 e. The number of nitrogens with one attached hydrogen (secondary N) is 1. The van der Waals surface area contributed by atoms with Gasteiger partial charge in [-0.05, 0) is 43.7 Å². The molecular weight excluding hydrogens is 224 g/mol. The van der Waals surface area contributed by atoms with E-state index in [9.17, 15) is 5.11 Å². The number of fused-ring (bicyclic) bond motifs is 1. The molecule has 94 valence electrons. The Morgan fingerprint density at radius 2 is 2.22 bits per heavy atom. The summed E-state index contributed by atoms with van der Waals surface area (Å²) in [6.07, 6.45) is 1.54. The number of hydrogen-bond acceptors (Lipinski definition) is 3. The monoisotopic (exact) mass is 242 g/mol. The summed E-state index contributed by atoms with van der Waals surface area (Å²) in [6.45, 7) is 3.60. The predicted octanol–water partition coefficient (Wildman–Crippen LogP) is 1.81. The molecule has 18 heavy (non-hydrogen) atoms. The van der Waals surface area contributed by atoms with Crippen molar-refractivity contribution in [2.45, 2.75) is 25.4 Å². The van der Waals surface area contributed by atoms with Crippen molar-refractivity contribution in [2.24, 2.45) is 0 Å². The fourth-order valence-electron chi connectivity index (χ4n) is 2.65. The highest BCUT2D eigenvalue weighted by Gasteiger charge is 2.30. The molecule has 1 aliphatic rings. The first kappa shape index (κ1) is 11.6. The number of aromatic nitrogens is 1. The van der Waals surface area contributed by atoms with Crippen LogP contribution in [0.25, 0.3) is 10.9 Å². The van der Waals surface area contributed by atoms with Crippen molar-refractivity contribution in [1.29, 1.82) is 0 Å². The Morgan fingerprint density at radius 1 is 1.33 bits per heavy atom. The summed E-state index contributed by atoms with van der Waals surface area (Å²) in [5, 5.41) is 14.7. The van der Waals surface area contributed by atoms with Crippen molar-refractivity contribution in [2.75, 3.05) is 13.1 Å². The third kappa shape index (κ3) is 2.24. The van der Waals surface area contributed by atoms with Gasteiger partial charge in [-0.25, -0.2) is 0 Å². The molecule has 1 aromatic carbocycles. The van der Waals surface area contributed by atoms with Gasteiger partial charge in [-0.15, -0.1) is 0 Å². The van der Waals surface area contributed by atoms with Crippen LogP contribution >= 0.6 is 0 Å². The summed E-state index contributed by atoms with van der Waals surface area (Å²) >= 11 is 0. The van der Waals surface area contributed by atoms with Crippen molar-refractivity contribution in [1.82, 2.24) is 10.3 Å². The molecule has 1 aliphatic heterocycles. The second-order valence-corrected chi connectivity index (χ2v) is 5.31. The molecule has 0 aliphatic carbocycles. The number of β-amino-alcohol motifs (C(OH)–C–C–N with tert-alkyl or cyclic N) is 1. The Kier molecular flexibility index (Phi) is 2.80. The molecule has 0 amide bonds. The van der Waals surface area contributed by atoms with Crippen LogP contribution in [0.3, 0.4) is 0 Å². The zero-order valence-corrected chi connectivity index (χ0v) is 10.6. The van der Waals surface area contributed by atoms with Crippen LogP contribution in [0.15, 0.2) is 30.3 Å². The lowest BCUT2D eigenvalue weighted by molar-refractivity contribution is 0.0619. The summed E-state index contributed by atoms with van der Waals surface area (Å²) in [6, 6.07) is 10.4. The van der Waals surface area contributed by atoms with Crippen LogP contribution in [-0.2, 0) is 6.42 Å². The van der Waals surface area contributed by atoms with Gasteiger partial charge in [0, 0.05) is 24.0 Å². The number of hydrogen-bond donors (Lipinski definition) is 2. The lowest BCUT2D eigenvalue weighted by Crippen LogP contribution is -2.33. The number of pyridine rings is 1. The normalized spacial score (nSPS) is 23.7. The number of rotatable bonds is 2. The summed E-state index contributed by atoms with van der Waals surface area (Å²) < 4.78 is 0. The highest BCUT2D eigenvalue weighted by molar-refractivity contribution is 5.79. The van der Waals surface area contributed by atoms with Gasteiger partial charge in [0.05, 0.1) is 11.1 Å². The molecule has 1 saturated heterocycles. The quantitative estimate of drug-likeness (QED) is 0.844. The molecule has 2 aromatic rings. The number of aryl methyl sites for hydroxylation is 1. The van der Waals surface area contributed by atoms with Gasteiger partial charge in [0.15, 0.2) is 0 Å². The molecular formula is C15H18N2O. The maximum atomic E-state index is 10.4. The number of nitrogens with zero attached hydrogens (tertiary/aromatic N) is 1. The van der Waals surface area contributed by atoms with Gasteiger partial charge in [-0.2, -0.15) is 0 Å². The lowest BCUT2D eigenvalue weighted by Gasteiger charge is -2.21. The zero-order valence-electron chi connectivity index (χ0n) is 10.6. The van der Waals surface area contributed by atoms with E-state index in [4.69, 9.17) is 0 Å². The van der Waals surface area contributed by atoms with E-state index in [1.807, 2.05) is 19.1 Å². The van der Waals surface area contributed by atoms with Gasteiger partial charge in [0.1, 0.15) is 0 Å². The van der Waals surface area contributed by atoms with Crippen LogP contribution in [-0.4, -0.2) is 28.8 Å². The van der Waals surface area contributed by atoms with Gasteiger partial charge in [-0.3, -0.25) is 4.98 Å². The summed E-state index contributed by atoms with van der Waals surface area (Å²) in [4.78, 5) is 4.49. The molecule has 2 N–H and O–H groups in total. The van der Waals surface area contributed by atoms with Gasteiger partial charge < -0.3 is 10.4 Å². The van der Waals surface area contributed by atoms with E-state index in [0.717, 1.165) is 29.6 Å². The first-order chi connectivity index (χ1) is 8.65. The van der Waals surface area contributed by atoms with Crippen molar-refractivity contribution >= 4 is 10.9 Å². The molecule has 2 heterocycles. The summed E-state index contributed by atoms with van der Waals surface area (Å²) in [7, 11) is 0. The third-order valence-corrected chi connectivity index (χ3v) is 3.65. The van der Waals surface area contributed by atoms with Crippen molar-refractivity contribution in [3.63, 3.8) is 0 Å². The molecule has 0 saturated carbocycles. The highest BCUT2D eigenvalue weighted by Crippen LogP contribution is 2.22. The predicted molar refractivity (Wildman–Crippen MR) is 72.6 cm³/mol. The fourth-order valence-corrected chi connectivity index (χ4v) is 2.65. The Morgan fingerprint density at radius 3 is 3.00 bits per heavy atom. The molecule has 1 aromatic heterocycles. The van der Waals surface area contributed by atoms with E-state index in [0.29, 0.717) is 13.0 Å². The van der Waals surface area contributed by atoms with Crippen LogP contribution in [0.1, 0.15) is 17.7 Å². The summed E-state index contributed by atoms with van der Waals surface area (Å²) in [5.74, 6) is 0. The number of aliphatic hydroxyl groups is 1. The average molecular weight is 242 g/mol. The smallest absolute Gasteiger partial charge is 0.0823 e. The zero-order chi connectivity index (χ0) is 12.6. The Hall–Kier alpha value is -1.45. The van der Waals surface area contributed by atoms with E-state index in [1.165, 1.54) is 5.56 Å². The first-order valence-corrected chi connectivity index (χ1v) is 6.44.